The molecule has 7 nitrogen and oxygen atoms in total. The molecule has 0 radical (unpaired) electrons. The number of phenolic OH excluding ortho intramolecular Hbond substituents is 1. The molecule has 2 aromatic carbocycles. The first kappa shape index (κ1) is 19.6. The number of anilines is 1. The lowest BCUT2D eigenvalue weighted by atomic mass is 9.88. The molecule has 2 aliphatic heterocycles. The van der Waals surface area contributed by atoms with E-state index in [-0.39, 0.29) is 11.3 Å². The number of carbonyl (C=O) groups is 2. The molecule has 1 fully saturated rings. The van der Waals surface area contributed by atoms with Gasteiger partial charge in [0.05, 0.1) is 24.3 Å². The average Bonchev–Trinajstić information content (AvgIpc) is 2.92. The SMILES string of the molecule is CN1CCN(CN2C(=O)[C@](O)(CC(=O)c3ccccc3O)c3ccccc32)CC1. The van der Waals surface area contributed by atoms with Crippen LogP contribution in [0.1, 0.15) is 22.3 Å². The Morgan fingerprint density at radius 3 is 2.41 bits per heavy atom. The summed E-state index contributed by atoms with van der Waals surface area (Å²) < 4.78 is 0. The number of hydrogen-bond donors (Lipinski definition) is 2. The maximum absolute atomic E-state index is 13.3. The molecule has 0 bridgehead atoms. The van der Waals surface area contributed by atoms with Crippen LogP contribution in [-0.4, -0.2) is 71.6 Å². The van der Waals surface area contributed by atoms with Crippen LogP contribution in [0.3, 0.4) is 0 Å². The van der Waals surface area contributed by atoms with E-state index in [1.807, 2.05) is 6.07 Å². The van der Waals surface area contributed by atoms with Gasteiger partial charge in [0.2, 0.25) is 0 Å². The van der Waals surface area contributed by atoms with E-state index in [1.54, 1.807) is 35.2 Å². The predicted octanol–water partition coefficient (Wildman–Crippen LogP) is 1.40. The Balaban J connectivity index is 1.61. The highest BCUT2D eigenvalue weighted by Crippen LogP contribution is 2.43. The number of fused-ring (bicyclic) bond motifs is 1. The van der Waals surface area contributed by atoms with E-state index >= 15 is 0 Å². The third-order valence-electron chi connectivity index (χ3n) is 5.80. The molecule has 2 aliphatic rings. The van der Waals surface area contributed by atoms with Crippen LogP contribution >= 0.6 is 0 Å². The van der Waals surface area contributed by atoms with Crippen LogP contribution in [0.15, 0.2) is 48.5 Å². The Hall–Kier alpha value is -2.74. The fourth-order valence-electron chi connectivity index (χ4n) is 4.04. The van der Waals surface area contributed by atoms with Crippen molar-refractivity contribution in [2.45, 2.75) is 12.0 Å². The van der Waals surface area contributed by atoms with Crippen molar-refractivity contribution in [3.63, 3.8) is 0 Å². The molecule has 1 atom stereocenters. The van der Waals surface area contributed by atoms with Crippen LogP contribution in [0.4, 0.5) is 5.69 Å². The van der Waals surface area contributed by atoms with E-state index in [9.17, 15) is 19.8 Å². The Morgan fingerprint density at radius 2 is 1.69 bits per heavy atom. The zero-order valence-corrected chi connectivity index (χ0v) is 16.4. The van der Waals surface area contributed by atoms with E-state index in [2.05, 4.69) is 16.8 Å². The molecule has 1 amide bonds. The van der Waals surface area contributed by atoms with Gasteiger partial charge in [0, 0.05) is 31.7 Å². The Bertz CT molecular complexity index is 939. The van der Waals surface area contributed by atoms with Gasteiger partial charge in [0.25, 0.3) is 5.91 Å². The number of aromatic hydroxyl groups is 1. The van der Waals surface area contributed by atoms with Gasteiger partial charge < -0.3 is 15.1 Å². The van der Waals surface area contributed by atoms with Gasteiger partial charge in [-0.25, -0.2) is 0 Å². The minimum absolute atomic E-state index is 0.101. The Kier molecular flexibility index (Phi) is 5.12. The zero-order chi connectivity index (χ0) is 20.6. The van der Waals surface area contributed by atoms with Crippen molar-refractivity contribution in [3.8, 4) is 5.75 Å². The zero-order valence-electron chi connectivity index (χ0n) is 16.4. The highest BCUT2D eigenvalue weighted by Gasteiger charge is 2.51. The number of para-hydroxylation sites is 2. The van der Waals surface area contributed by atoms with Gasteiger partial charge in [-0.3, -0.25) is 19.4 Å². The highest BCUT2D eigenvalue weighted by atomic mass is 16.3. The Morgan fingerprint density at radius 1 is 1.03 bits per heavy atom. The molecule has 7 heteroatoms. The van der Waals surface area contributed by atoms with Crippen LogP contribution in [0.25, 0.3) is 0 Å². The molecule has 2 N–H and O–H groups in total. The van der Waals surface area contributed by atoms with Crippen LogP contribution in [0, 0.1) is 0 Å². The van der Waals surface area contributed by atoms with E-state index in [0.717, 1.165) is 26.2 Å². The lowest BCUT2D eigenvalue weighted by Crippen LogP contribution is -2.51. The summed E-state index contributed by atoms with van der Waals surface area (Å²) in [6.07, 6.45) is -0.417. The first-order chi connectivity index (χ1) is 13.9. The second kappa shape index (κ2) is 7.59. The maximum Gasteiger partial charge on any atom is 0.265 e. The van der Waals surface area contributed by atoms with Crippen molar-refractivity contribution in [2.24, 2.45) is 0 Å². The van der Waals surface area contributed by atoms with Crippen LogP contribution < -0.4 is 4.90 Å². The topological polar surface area (TPSA) is 84.3 Å². The minimum atomic E-state index is -1.94. The van der Waals surface area contributed by atoms with Gasteiger partial charge in [-0.1, -0.05) is 30.3 Å². The van der Waals surface area contributed by atoms with Gasteiger partial charge in [0.15, 0.2) is 11.4 Å². The standard InChI is InChI=1S/C22H25N3O4/c1-23-10-12-24(13-11-23)15-25-18-8-4-3-7-17(18)22(29,21(25)28)14-20(27)16-6-2-5-9-19(16)26/h2-9,26,29H,10-15H2,1H3/t22-/m0/s1. The number of likely N-dealkylation sites (N-methyl/N-ethyl adjacent to an activating group) is 1. The number of amides is 1. The summed E-state index contributed by atoms with van der Waals surface area (Å²) in [5.41, 5.74) is -0.779. The first-order valence-electron chi connectivity index (χ1n) is 9.76. The van der Waals surface area contributed by atoms with Gasteiger partial charge in [0.1, 0.15) is 5.75 Å². The van der Waals surface area contributed by atoms with Crippen LogP contribution in [0.5, 0.6) is 5.75 Å². The van der Waals surface area contributed by atoms with Gasteiger partial charge in [-0.05, 0) is 25.2 Å². The quantitative estimate of drug-likeness (QED) is 0.745. The second-order valence-electron chi connectivity index (χ2n) is 7.79. The van der Waals surface area contributed by atoms with Crippen molar-refractivity contribution in [1.82, 2.24) is 9.80 Å². The Labute approximate surface area is 169 Å². The molecule has 1 saturated heterocycles. The number of piperazine rings is 1. The summed E-state index contributed by atoms with van der Waals surface area (Å²) in [6, 6.07) is 13.2. The van der Waals surface area contributed by atoms with Gasteiger partial charge in [-0.15, -0.1) is 0 Å². The monoisotopic (exact) mass is 395 g/mol. The minimum Gasteiger partial charge on any atom is -0.507 e. The second-order valence-corrected chi connectivity index (χ2v) is 7.79. The van der Waals surface area contributed by atoms with Crippen molar-refractivity contribution in [1.29, 1.82) is 0 Å². The summed E-state index contributed by atoms with van der Waals surface area (Å²) >= 11 is 0. The summed E-state index contributed by atoms with van der Waals surface area (Å²) in [5.74, 6) is -1.13. The molecule has 0 unspecified atom stereocenters. The molecule has 0 spiro atoms. The molecular weight excluding hydrogens is 370 g/mol. The maximum atomic E-state index is 13.3. The molecule has 152 valence electrons. The molecule has 2 heterocycles. The van der Waals surface area contributed by atoms with Crippen molar-refractivity contribution in [2.75, 3.05) is 44.8 Å². The molecule has 0 aromatic heterocycles. The summed E-state index contributed by atoms with van der Waals surface area (Å²) in [6.45, 7) is 3.87. The molecular formula is C22H25N3O4. The van der Waals surface area contributed by atoms with Gasteiger partial charge in [-0.2, -0.15) is 0 Å². The number of rotatable bonds is 5. The number of phenols is 1. The third kappa shape index (κ3) is 3.53. The highest BCUT2D eigenvalue weighted by molar-refractivity contribution is 6.11. The van der Waals surface area contributed by atoms with Crippen molar-refractivity contribution < 1.29 is 19.8 Å². The third-order valence-corrected chi connectivity index (χ3v) is 5.80. The van der Waals surface area contributed by atoms with Crippen molar-refractivity contribution in [3.05, 3.63) is 59.7 Å². The molecule has 2 aromatic rings. The van der Waals surface area contributed by atoms with E-state index < -0.39 is 23.7 Å². The van der Waals surface area contributed by atoms with Crippen LogP contribution in [0.2, 0.25) is 0 Å². The van der Waals surface area contributed by atoms with Crippen LogP contribution in [-0.2, 0) is 10.4 Å². The largest absolute Gasteiger partial charge is 0.507 e. The fourth-order valence-corrected chi connectivity index (χ4v) is 4.04. The summed E-state index contributed by atoms with van der Waals surface area (Å²) in [5, 5.41) is 21.3. The van der Waals surface area contributed by atoms with E-state index in [0.29, 0.717) is 17.9 Å². The lowest BCUT2D eigenvalue weighted by molar-refractivity contribution is -0.136. The number of Topliss-reactive ketones (excluding diaryl/α,β-unsaturated/α-hetero) is 1. The van der Waals surface area contributed by atoms with Crippen molar-refractivity contribution >= 4 is 17.4 Å². The number of nitrogens with zero attached hydrogens (tertiary/aromatic N) is 3. The average molecular weight is 395 g/mol. The fraction of sp³-hybridized carbons (Fsp3) is 0.364. The number of ketones is 1. The smallest absolute Gasteiger partial charge is 0.265 e. The number of aliphatic hydroxyl groups is 1. The number of carbonyl (C=O) groups excluding carboxylic acids is 2. The summed E-state index contributed by atoms with van der Waals surface area (Å²) in [4.78, 5) is 32.1. The predicted molar refractivity (Wildman–Crippen MR) is 109 cm³/mol. The molecule has 29 heavy (non-hydrogen) atoms. The van der Waals surface area contributed by atoms with E-state index in [4.69, 9.17) is 0 Å². The molecule has 4 rings (SSSR count). The van der Waals surface area contributed by atoms with E-state index in [1.165, 1.54) is 12.1 Å². The number of benzene rings is 2. The normalized spacial score (nSPS) is 22.7. The molecule has 0 aliphatic carbocycles. The lowest BCUT2D eigenvalue weighted by Gasteiger charge is -2.35. The first-order valence-corrected chi connectivity index (χ1v) is 9.76. The summed E-state index contributed by atoms with van der Waals surface area (Å²) in [7, 11) is 2.07. The number of hydrogen-bond acceptors (Lipinski definition) is 6. The van der Waals surface area contributed by atoms with Gasteiger partial charge >= 0.3 is 0 Å². The molecule has 0 saturated carbocycles.